The lowest BCUT2D eigenvalue weighted by Crippen LogP contribution is -2.21. The largest absolute Gasteiger partial charge is 0.497 e. The first-order valence-corrected chi connectivity index (χ1v) is 8.90. The molecular formula is C14H20NO7P. The molecule has 9 heteroatoms. The van der Waals surface area contributed by atoms with E-state index in [-0.39, 0.29) is 19.1 Å². The van der Waals surface area contributed by atoms with Crippen LogP contribution in [0.4, 0.5) is 5.69 Å². The lowest BCUT2D eigenvalue weighted by Gasteiger charge is -2.18. The van der Waals surface area contributed by atoms with Gasteiger partial charge in [0.15, 0.2) is 0 Å². The van der Waals surface area contributed by atoms with Gasteiger partial charge in [-0.15, -0.1) is 0 Å². The first kappa shape index (κ1) is 19.0. The van der Waals surface area contributed by atoms with Gasteiger partial charge in [-0.05, 0) is 18.6 Å². The third kappa shape index (κ3) is 7.17. The summed E-state index contributed by atoms with van der Waals surface area (Å²) in [6.07, 6.45) is -1.34. The molecule has 0 bridgehead atoms. The van der Waals surface area contributed by atoms with Crippen LogP contribution in [-0.4, -0.2) is 46.6 Å². The molecule has 1 aromatic rings. The fourth-order valence-electron chi connectivity index (χ4n) is 1.95. The molecule has 2 unspecified atom stereocenters. The zero-order chi connectivity index (χ0) is 17.5. The molecule has 8 nitrogen and oxygen atoms in total. The molecule has 2 atom stereocenters. The highest BCUT2D eigenvalue weighted by Crippen LogP contribution is 2.43. The van der Waals surface area contributed by atoms with Crippen LogP contribution >= 0.6 is 7.37 Å². The zero-order valence-corrected chi connectivity index (χ0v) is 13.5. The van der Waals surface area contributed by atoms with Gasteiger partial charge < -0.3 is 25.2 Å². The number of hydrogen-bond acceptors (Lipinski definition) is 5. The lowest BCUT2D eigenvalue weighted by atomic mass is 10.1. The Morgan fingerprint density at radius 3 is 2.61 bits per heavy atom. The van der Waals surface area contributed by atoms with Crippen LogP contribution in [0, 0.1) is 5.92 Å². The van der Waals surface area contributed by atoms with Gasteiger partial charge in [0.25, 0.3) is 0 Å². The summed E-state index contributed by atoms with van der Waals surface area (Å²) in [6, 6.07) is 6.74. The van der Waals surface area contributed by atoms with E-state index in [0.717, 1.165) is 0 Å². The van der Waals surface area contributed by atoms with Gasteiger partial charge in [-0.3, -0.25) is 14.2 Å². The van der Waals surface area contributed by atoms with Crippen molar-refractivity contribution in [2.24, 2.45) is 5.92 Å². The standard InChI is InChI=1S/C14H20NO7P/c1-22-12-4-2-3-11(7-12)15-9-23(20,21)8-10(14(18)19)5-6-13(16)17/h2-4,7,10,15H,5-6,8-9H2,1H3,(H,16,17)(H,18,19)(H,20,21). The fourth-order valence-corrected chi connectivity index (χ4v) is 3.53. The molecule has 4 N–H and O–H groups in total. The molecular weight excluding hydrogens is 325 g/mol. The van der Waals surface area contributed by atoms with Crippen LogP contribution in [0.5, 0.6) is 5.75 Å². The molecule has 0 spiro atoms. The van der Waals surface area contributed by atoms with Gasteiger partial charge in [0.2, 0.25) is 7.37 Å². The van der Waals surface area contributed by atoms with Crippen LogP contribution in [0.1, 0.15) is 12.8 Å². The maximum Gasteiger partial charge on any atom is 0.307 e. The van der Waals surface area contributed by atoms with Gasteiger partial charge in [-0.25, -0.2) is 0 Å². The van der Waals surface area contributed by atoms with Crippen molar-refractivity contribution in [3.05, 3.63) is 24.3 Å². The SMILES string of the molecule is COc1cccc(NCP(=O)(O)CC(CCC(=O)O)C(=O)O)c1. The predicted octanol–water partition coefficient (Wildman–Crippen LogP) is 1.90. The summed E-state index contributed by atoms with van der Waals surface area (Å²) in [5.74, 6) is -3.01. The smallest absolute Gasteiger partial charge is 0.307 e. The van der Waals surface area contributed by atoms with Crippen molar-refractivity contribution in [3.63, 3.8) is 0 Å². The Labute approximate surface area is 133 Å². The first-order valence-electron chi connectivity index (χ1n) is 6.87. The molecule has 0 aromatic heterocycles. The quantitative estimate of drug-likeness (QED) is 0.473. The third-order valence-electron chi connectivity index (χ3n) is 3.16. The molecule has 0 aliphatic carbocycles. The minimum atomic E-state index is -3.78. The molecule has 0 saturated heterocycles. The number of carbonyl (C=O) groups is 2. The highest BCUT2D eigenvalue weighted by atomic mass is 31.2. The summed E-state index contributed by atoms with van der Waals surface area (Å²) in [5.41, 5.74) is 0.566. The Morgan fingerprint density at radius 1 is 1.35 bits per heavy atom. The average molecular weight is 345 g/mol. The third-order valence-corrected chi connectivity index (χ3v) is 4.83. The maximum atomic E-state index is 12.2. The average Bonchev–Trinajstić information content (AvgIpc) is 2.49. The monoisotopic (exact) mass is 345 g/mol. The highest BCUT2D eigenvalue weighted by molar-refractivity contribution is 7.58. The number of hydrogen-bond donors (Lipinski definition) is 4. The van der Waals surface area contributed by atoms with Crippen molar-refractivity contribution in [2.75, 3.05) is 24.9 Å². The van der Waals surface area contributed by atoms with Crippen molar-refractivity contribution < 1.29 is 34.0 Å². The van der Waals surface area contributed by atoms with Crippen LogP contribution in [0.3, 0.4) is 0 Å². The number of nitrogens with one attached hydrogen (secondary N) is 1. The van der Waals surface area contributed by atoms with Crippen LogP contribution in [-0.2, 0) is 14.2 Å². The van der Waals surface area contributed by atoms with Gasteiger partial charge in [0.1, 0.15) is 5.75 Å². The summed E-state index contributed by atoms with van der Waals surface area (Å²) in [4.78, 5) is 31.5. The van der Waals surface area contributed by atoms with Gasteiger partial charge in [0, 0.05) is 24.3 Å². The number of carboxylic acids is 2. The van der Waals surface area contributed by atoms with Gasteiger partial charge >= 0.3 is 11.9 Å². The zero-order valence-electron chi connectivity index (χ0n) is 12.6. The minimum absolute atomic E-state index is 0.186. The van der Waals surface area contributed by atoms with Crippen molar-refractivity contribution in [3.8, 4) is 5.75 Å². The van der Waals surface area contributed by atoms with E-state index in [1.54, 1.807) is 24.3 Å². The van der Waals surface area contributed by atoms with Gasteiger partial charge in [-0.2, -0.15) is 0 Å². The summed E-state index contributed by atoms with van der Waals surface area (Å²) < 4.78 is 17.2. The Hall–Kier alpha value is -2.05. The van der Waals surface area contributed by atoms with Crippen molar-refractivity contribution >= 4 is 25.0 Å². The lowest BCUT2D eigenvalue weighted by molar-refractivity contribution is -0.142. The molecule has 23 heavy (non-hydrogen) atoms. The van der Waals surface area contributed by atoms with E-state index in [4.69, 9.17) is 14.9 Å². The normalized spacial score (nSPS) is 14.5. The number of anilines is 1. The van der Waals surface area contributed by atoms with E-state index >= 15 is 0 Å². The molecule has 0 amide bonds. The van der Waals surface area contributed by atoms with E-state index in [0.29, 0.717) is 11.4 Å². The van der Waals surface area contributed by atoms with Crippen LogP contribution in [0.15, 0.2) is 24.3 Å². The fraction of sp³-hybridized carbons (Fsp3) is 0.429. The number of methoxy groups -OCH3 is 1. The second kappa shape index (κ2) is 8.55. The molecule has 0 heterocycles. The second-order valence-electron chi connectivity index (χ2n) is 5.06. The van der Waals surface area contributed by atoms with Crippen molar-refractivity contribution in [1.82, 2.24) is 0 Å². The highest BCUT2D eigenvalue weighted by Gasteiger charge is 2.29. The van der Waals surface area contributed by atoms with E-state index in [1.807, 2.05) is 0 Å². The number of ether oxygens (including phenoxy) is 1. The number of rotatable bonds is 10. The van der Waals surface area contributed by atoms with E-state index in [2.05, 4.69) is 5.32 Å². The van der Waals surface area contributed by atoms with Crippen molar-refractivity contribution in [1.29, 1.82) is 0 Å². The summed E-state index contributed by atoms with van der Waals surface area (Å²) >= 11 is 0. The Kier molecular flexibility index (Phi) is 7.06. The van der Waals surface area contributed by atoms with Crippen LogP contribution in [0.2, 0.25) is 0 Å². The molecule has 128 valence electrons. The first-order chi connectivity index (χ1) is 10.7. The van der Waals surface area contributed by atoms with Gasteiger partial charge in [0.05, 0.1) is 19.3 Å². The molecule has 0 aliphatic rings. The van der Waals surface area contributed by atoms with Crippen LogP contribution in [0.25, 0.3) is 0 Å². The van der Waals surface area contributed by atoms with E-state index in [9.17, 15) is 19.0 Å². The summed E-state index contributed by atoms with van der Waals surface area (Å²) in [7, 11) is -2.28. The summed E-state index contributed by atoms with van der Waals surface area (Å²) in [6.45, 7) is 0. The van der Waals surface area contributed by atoms with E-state index in [1.165, 1.54) is 7.11 Å². The summed E-state index contributed by atoms with van der Waals surface area (Å²) in [5, 5.41) is 20.4. The second-order valence-corrected chi connectivity index (χ2v) is 7.44. The molecule has 1 rings (SSSR count). The number of aliphatic carboxylic acids is 2. The molecule has 0 saturated carbocycles. The van der Waals surface area contributed by atoms with Crippen LogP contribution < -0.4 is 10.1 Å². The Morgan fingerprint density at radius 2 is 2.04 bits per heavy atom. The Balaban J connectivity index is 2.63. The number of benzene rings is 1. The van der Waals surface area contributed by atoms with Crippen molar-refractivity contribution in [2.45, 2.75) is 12.8 Å². The maximum absolute atomic E-state index is 12.2. The predicted molar refractivity (Wildman–Crippen MR) is 84.2 cm³/mol. The van der Waals surface area contributed by atoms with Gasteiger partial charge in [-0.1, -0.05) is 6.07 Å². The number of carboxylic acid groups (broad SMARTS) is 2. The topological polar surface area (TPSA) is 133 Å². The molecule has 1 aromatic carbocycles. The molecule has 0 aliphatic heterocycles. The minimum Gasteiger partial charge on any atom is -0.497 e. The Bertz CT molecular complexity index is 605. The molecule has 0 fully saturated rings. The molecule has 0 radical (unpaired) electrons. The van der Waals surface area contributed by atoms with E-state index < -0.39 is 31.4 Å².